The zero-order valence-corrected chi connectivity index (χ0v) is 30.5. The van der Waals surface area contributed by atoms with Crippen LogP contribution in [0.15, 0.2) is 60.7 Å². The highest BCUT2D eigenvalue weighted by Crippen LogP contribution is 2.36. The van der Waals surface area contributed by atoms with Gasteiger partial charge in [-0.15, -0.1) is 0 Å². The number of esters is 1. The summed E-state index contributed by atoms with van der Waals surface area (Å²) >= 11 is 0. The summed E-state index contributed by atoms with van der Waals surface area (Å²) in [6, 6.07) is 18.1. The molecule has 0 aromatic heterocycles. The first-order valence-electron chi connectivity index (χ1n) is 18.6. The standard InChI is InChI=1S/C40H54N4O7/c1-40(2,3)51-39(49)43-23-13-19-31(28-43)21-22-33-35(37(47)50-29-32-17-10-5-11-18-32)44(36(33)46)38(48)42-26-24-41(25-27-42)34(45)20-12-6-9-16-30-14-7-4-8-15-30/h4-5,7-8,10-11,14-15,17-18,31,33,35H,6,9,12-13,16,19-29H2,1-3H3/t31?,33-,35+/m1/s1. The number of β-lactam (4-membered cyclic amide) rings is 1. The van der Waals surface area contributed by atoms with Crippen molar-refractivity contribution >= 4 is 29.9 Å². The number of hydrogen-bond donors (Lipinski definition) is 0. The van der Waals surface area contributed by atoms with Gasteiger partial charge in [0.05, 0.1) is 5.92 Å². The summed E-state index contributed by atoms with van der Waals surface area (Å²) in [5.74, 6) is -1.43. The van der Waals surface area contributed by atoms with Crippen LogP contribution in [0.25, 0.3) is 0 Å². The maximum atomic E-state index is 13.8. The molecule has 3 saturated heterocycles. The van der Waals surface area contributed by atoms with Crippen LogP contribution in [0.3, 0.4) is 0 Å². The third-order valence-electron chi connectivity index (χ3n) is 10.0. The van der Waals surface area contributed by atoms with Crippen molar-refractivity contribution in [2.45, 2.75) is 96.8 Å². The Morgan fingerprint density at radius 2 is 1.41 bits per heavy atom. The predicted octanol–water partition coefficient (Wildman–Crippen LogP) is 6.05. The number of aryl methyl sites for hydroxylation is 1. The Balaban J connectivity index is 1.13. The number of carbonyl (C=O) groups excluding carboxylic acids is 5. The molecule has 3 heterocycles. The fourth-order valence-corrected chi connectivity index (χ4v) is 7.22. The largest absolute Gasteiger partial charge is 0.459 e. The molecule has 1 unspecified atom stereocenters. The molecule has 5 amide bonds. The van der Waals surface area contributed by atoms with Crippen molar-refractivity contribution in [1.82, 2.24) is 19.6 Å². The molecule has 0 radical (unpaired) electrons. The van der Waals surface area contributed by atoms with E-state index in [0.717, 1.165) is 49.0 Å². The lowest BCUT2D eigenvalue weighted by Crippen LogP contribution is -2.69. The summed E-state index contributed by atoms with van der Waals surface area (Å²) in [5.41, 5.74) is 1.53. The summed E-state index contributed by atoms with van der Waals surface area (Å²) in [5, 5.41) is 0. The Morgan fingerprint density at radius 3 is 2.08 bits per heavy atom. The van der Waals surface area contributed by atoms with Gasteiger partial charge in [0, 0.05) is 45.7 Å². The number of benzene rings is 2. The Labute approximate surface area is 302 Å². The van der Waals surface area contributed by atoms with Crippen LogP contribution < -0.4 is 0 Å². The predicted molar refractivity (Wildman–Crippen MR) is 192 cm³/mol. The second-order valence-electron chi connectivity index (χ2n) is 15.1. The lowest BCUT2D eigenvalue weighted by atomic mass is 9.80. The van der Waals surface area contributed by atoms with E-state index < -0.39 is 29.6 Å². The Hall–Kier alpha value is -4.41. The number of rotatable bonds is 12. The van der Waals surface area contributed by atoms with Crippen LogP contribution >= 0.6 is 0 Å². The Morgan fingerprint density at radius 1 is 0.765 bits per heavy atom. The molecule has 3 fully saturated rings. The topological polar surface area (TPSA) is 117 Å². The fraction of sp³-hybridized carbons (Fsp3) is 0.575. The SMILES string of the molecule is CC(C)(C)OC(=O)N1CCCC(CC[C@H]2C(=O)N(C(=O)N3CCN(C(=O)CCCCCc4ccccc4)CC3)[C@@H]2C(=O)OCc2ccccc2)C1. The summed E-state index contributed by atoms with van der Waals surface area (Å²) in [6.45, 7) is 8.08. The maximum Gasteiger partial charge on any atom is 0.410 e. The summed E-state index contributed by atoms with van der Waals surface area (Å²) in [7, 11) is 0. The van der Waals surface area contributed by atoms with E-state index in [-0.39, 0.29) is 30.4 Å². The van der Waals surface area contributed by atoms with Gasteiger partial charge in [-0.05, 0) is 82.8 Å². The molecule has 5 rings (SSSR count). The van der Waals surface area contributed by atoms with Gasteiger partial charge in [-0.2, -0.15) is 0 Å². The summed E-state index contributed by atoms with van der Waals surface area (Å²) < 4.78 is 11.2. The van der Waals surface area contributed by atoms with Crippen LogP contribution in [0.1, 0.15) is 83.3 Å². The second kappa shape index (κ2) is 17.7. The van der Waals surface area contributed by atoms with Crippen molar-refractivity contribution in [3.05, 3.63) is 71.8 Å². The molecule has 0 aliphatic carbocycles. The zero-order valence-electron chi connectivity index (χ0n) is 30.5. The molecule has 3 atom stereocenters. The smallest absolute Gasteiger partial charge is 0.410 e. The number of likely N-dealkylation sites (tertiary alicyclic amines) is 2. The number of nitrogens with zero attached hydrogens (tertiary/aromatic N) is 4. The molecular weight excluding hydrogens is 648 g/mol. The molecule has 11 nitrogen and oxygen atoms in total. The van der Waals surface area contributed by atoms with Gasteiger partial charge < -0.3 is 24.2 Å². The van der Waals surface area contributed by atoms with Crippen LogP contribution in [0, 0.1) is 11.8 Å². The van der Waals surface area contributed by atoms with Gasteiger partial charge in [0.1, 0.15) is 12.2 Å². The molecule has 0 spiro atoms. The first-order valence-corrected chi connectivity index (χ1v) is 18.6. The van der Waals surface area contributed by atoms with Crippen LogP contribution in [0.2, 0.25) is 0 Å². The van der Waals surface area contributed by atoms with Crippen molar-refractivity contribution in [3.63, 3.8) is 0 Å². The molecule has 0 bridgehead atoms. The van der Waals surface area contributed by atoms with Gasteiger partial charge >= 0.3 is 18.1 Å². The normalized spacial score (nSPS) is 20.8. The fourth-order valence-electron chi connectivity index (χ4n) is 7.22. The molecule has 3 aliphatic rings. The van der Waals surface area contributed by atoms with Crippen molar-refractivity contribution in [1.29, 1.82) is 0 Å². The quantitative estimate of drug-likeness (QED) is 0.150. The monoisotopic (exact) mass is 702 g/mol. The molecule has 51 heavy (non-hydrogen) atoms. The molecule has 3 aliphatic heterocycles. The Bertz CT molecular complexity index is 1490. The van der Waals surface area contributed by atoms with Crippen molar-refractivity contribution in [2.24, 2.45) is 11.8 Å². The number of piperidine rings is 1. The van der Waals surface area contributed by atoms with E-state index in [9.17, 15) is 24.0 Å². The van der Waals surface area contributed by atoms with Crippen molar-refractivity contribution in [2.75, 3.05) is 39.3 Å². The number of amides is 5. The minimum absolute atomic E-state index is 0.0413. The number of hydrogen-bond acceptors (Lipinski definition) is 7. The number of imide groups is 1. The first kappa shape index (κ1) is 37.8. The number of piperazine rings is 1. The van der Waals surface area contributed by atoms with Crippen molar-refractivity contribution < 1.29 is 33.4 Å². The molecule has 0 saturated carbocycles. The average molecular weight is 703 g/mol. The molecule has 2 aromatic rings. The van der Waals surface area contributed by atoms with Crippen LogP contribution in [-0.4, -0.2) is 100 Å². The highest BCUT2D eigenvalue weighted by molar-refractivity contribution is 6.07. The van der Waals surface area contributed by atoms with Gasteiger partial charge in [0.2, 0.25) is 11.8 Å². The molecular formula is C40H54N4O7. The number of unbranched alkanes of at least 4 members (excludes halogenated alkanes) is 2. The van der Waals surface area contributed by atoms with E-state index in [1.54, 1.807) is 14.7 Å². The van der Waals surface area contributed by atoms with Crippen LogP contribution in [0.4, 0.5) is 9.59 Å². The Kier molecular flexibility index (Phi) is 13.1. The third kappa shape index (κ3) is 10.6. The van der Waals surface area contributed by atoms with Crippen LogP contribution in [0.5, 0.6) is 0 Å². The van der Waals surface area contributed by atoms with Gasteiger partial charge in [0.15, 0.2) is 6.04 Å². The zero-order chi connectivity index (χ0) is 36.4. The van der Waals surface area contributed by atoms with Crippen LogP contribution in [-0.2, 0) is 36.9 Å². The van der Waals surface area contributed by atoms with Gasteiger partial charge in [-0.3, -0.25) is 9.59 Å². The number of urea groups is 1. The minimum Gasteiger partial charge on any atom is -0.459 e. The molecule has 11 heteroatoms. The highest BCUT2D eigenvalue weighted by Gasteiger charge is 2.56. The number of ether oxygens (including phenoxy) is 2. The van der Waals surface area contributed by atoms with Gasteiger partial charge in [-0.1, -0.05) is 67.1 Å². The molecule has 2 aromatic carbocycles. The lowest BCUT2D eigenvalue weighted by molar-refractivity contribution is -0.171. The van der Waals surface area contributed by atoms with E-state index in [1.165, 1.54) is 5.56 Å². The van der Waals surface area contributed by atoms with Crippen molar-refractivity contribution in [3.8, 4) is 0 Å². The van der Waals surface area contributed by atoms with E-state index in [4.69, 9.17) is 9.47 Å². The average Bonchev–Trinajstić information content (AvgIpc) is 3.13. The van der Waals surface area contributed by atoms with Gasteiger partial charge in [-0.25, -0.2) is 19.3 Å². The van der Waals surface area contributed by atoms with E-state index >= 15 is 0 Å². The first-order chi connectivity index (χ1) is 24.5. The van der Waals surface area contributed by atoms with E-state index in [1.807, 2.05) is 69.3 Å². The highest BCUT2D eigenvalue weighted by atomic mass is 16.6. The van der Waals surface area contributed by atoms with Gasteiger partial charge in [0.25, 0.3) is 0 Å². The second-order valence-corrected chi connectivity index (χ2v) is 15.1. The molecule has 0 N–H and O–H groups in total. The summed E-state index contributed by atoms with van der Waals surface area (Å²) in [4.78, 5) is 72.7. The minimum atomic E-state index is -1.02. The summed E-state index contributed by atoms with van der Waals surface area (Å²) in [6.07, 6.45) is 6.74. The number of carbonyl (C=O) groups is 5. The molecule has 276 valence electrons. The van der Waals surface area contributed by atoms with E-state index in [0.29, 0.717) is 58.5 Å². The third-order valence-corrected chi connectivity index (χ3v) is 10.0. The lowest BCUT2D eigenvalue weighted by Gasteiger charge is -2.47. The van der Waals surface area contributed by atoms with E-state index in [2.05, 4.69) is 12.1 Å². The maximum absolute atomic E-state index is 13.8.